The van der Waals surface area contributed by atoms with Crippen molar-refractivity contribution in [2.45, 2.75) is 19.9 Å². The number of carbonyl (C=O) groups is 1. The zero-order chi connectivity index (χ0) is 25.7. The minimum atomic E-state index is -0.528. The summed E-state index contributed by atoms with van der Waals surface area (Å²) < 4.78 is 20.5. The molecular weight excluding hydrogens is 465 g/mol. The Balaban J connectivity index is 1.78. The molecule has 192 valence electrons. The third-order valence-electron chi connectivity index (χ3n) is 6.39. The molecule has 2 N–H and O–H groups in total. The predicted octanol–water partition coefficient (Wildman–Crippen LogP) is 1.85. The number of anilines is 1. The van der Waals surface area contributed by atoms with E-state index in [1.807, 2.05) is 18.2 Å². The Bertz CT molecular complexity index is 1300. The van der Waals surface area contributed by atoms with Crippen LogP contribution < -0.4 is 20.5 Å². The first kappa shape index (κ1) is 25.6. The third kappa shape index (κ3) is 5.50. The molecule has 0 unspecified atom stereocenters. The largest absolute Gasteiger partial charge is 0.494 e. The number of halogens is 1. The first-order chi connectivity index (χ1) is 17.4. The summed E-state index contributed by atoms with van der Waals surface area (Å²) >= 11 is 0. The van der Waals surface area contributed by atoms with E-state index in [4.69, 9.17) is 9.72 Å². The monoisotopic (exact) mass is 497 g/mol. The quantitative estimate of drug-likeness (QED) is 0.490. The molecule has 1 amide bonds. The number of hydrogen-bond acceptors (Lipinski definition) is 7. The number of amides is 1. The molecule has 2 aromatic carbocycles. The van der Waals surface area contributed by atoms with Gasteiger partial charge in [-0.1, -0.05) is 0 Å². The molecule has 10 heteroatoms. The first-order valence-electron chi connectivity index (χ1n) is 12.2. The number of β-amino-alcohol motifs (C(OH)–C–C–N with tert-alkyl or cyclic N) is 1. The number of benzene rings is 2. The third-order valence-corrected chi connectivity index (χ3v) is 6.39. The van der Waals surface area contributed by atoms with Gasteiger partial charge in [0.25, 0.3) is 5.56 Å². The van der Waals surface area contributed by atoms with Crippen LogP contribution in [0.2, 0.25) is 0 Å². The van der Waals surface area contributed by atoms with Crippen molar-refractivity contribution < 1.29 is 19.0 Å². The molecule has 2 heterocycles. The van der Waals surface area contributed by atoms with Crippen LogP contribution in [0.15, 0.2) is 41.2 Å². The van der Waals surface area contributed by atoms with E-state index in [0.717, 1.165) is 38.3 Å². The zero-order valence-corrected chi connectivity index (χ0v) is 20.7. The number of methoxy groups -OCH3 is 1. The summed E-state index contributed by atoms with van der Waals surface area (Å²) in [5.41, 5.74) is 1.53. The molecule has 0 saturated carbocycles. The van der Waals surface area contributed by atoms with Gasteiger partial charge in [-0.15, -0.1) is 0 Å². The lowest BCUT2D eigenvalue weighted by Crippen LogP contribution is -2.34. The van der Waals surface area contributed by atoms with Gasteiger partial charge in [0.15, 0.2) is 11.6 Å². The molecule has 0 aliphatic carbocycles. The zero-order valence-electron chi connectivity index (χ0n) is 20.7. The standard InChI is InChI=1S/C26H32FN5O4/c1-3-28-24(34)17-32-25(18-5-7-21(27)23(15-18)36-2)29-22-8-6-19(16-20(22)26(32)35)31-10-4-9-30(11-12-31)13-14-33/h5-8,15-16,33H,3-4,9-14,17H2,1-2H3,(H,28,34). The van der Waals surface area contributed by atoms with Crippen molar-refractivity contribution in [3.05, 3.63) is 52.6 Å². The number of fused-ring (bicyclic) bond motifs is 1. The smallest absolute Gasteiger partial charge is 0.262 e. The van der Waals surface area contributed by atoms with Crippen molar-refractivity contribution >= 4 is 22.5 Å². The lowest BCUT2D eigenvalue weighted by Gasteiger charge is -2.24. The molecule has 1 aliphatic heterocycles. The second kappa shape index (κ2) is 11.5. The maximum Gasteiger partial charge on any atom is 0.262 e. The van der Waals surface area contributed by atoms with Crippen molar-refractivity contribution in [3.63, 3.8) is 0 Å². The number of nitrogens with zero attached hydrogens (tertiary/aromatic N) is 4. The highest BCUT2D eigenvalue weighted by Gasteiger charge is 2.19. The Morgan fingerprint density at radius 2 is 2.00 bits per heavy atom. The van der Waals surface area contributed by atoms with E-state index >= 15 is 0 Å². The van der Waals surface area contributed by atoms with Crippen molar-refractivity contribution in [3.8, 4) is 17.1 Å². The number of carbonyl (C=O) groups excluding carboxylic acids is 1. The Hall–Kier alpha value is -3.50. The molecule has 1 fully saturated rings. The maximum absolute atomic E-state index is 14.0. The van der Waals surface area contributed by atoms with Crippen molar-refractivity contribution in [2.75, 3.05) is 57.9 Å². The van der Waals surface area contributed by atoms with Gasteiger partial charge in [-0.25, -0.2) is 9.37 Å². The summed E-state index contributed by atoms with van der Waals surface area (Å²) in [6.45, 7) is 6.15. The Morgan fingerprint density at radius 3 is 2.75 bits per heavy atom. The van der Waals surface area contributed by atoms with Gasteiger partial charge < -0.3 is 20.1 Å². The van der Waals surface area contributed by atoms with Crippen LogP contribution in [0.1, 0.15) is 13.3 Å². The molecule has 36 heavy (non-hydrogen) atoms. The van der Waals surface area contributed by atoms with E-state index < -0.39 is 5.82 Å². The highest BCUT2D eigenvalue weighted by molar-refractivity contribution is 5.84. The second-order valence-electron chi connectivity index (χ2n) is 8.74. The summed E-state index contributed by atoms with van der Waals surface area (Å²) in [6.07, 6.45) is 0.947. The van der Waals surface area contributed by atoms with Crippen LogP contribution in [0, 0.1) is 5.82 Å². The van der Waals surface area contributed by atoms with Crippen molar-refractivity contribution in [1.82, 2.24) is 19.8 Å². The van der Waals surface area contributed by atoms with E-state index in [0.29, 0.717) is 29.6 Å². The predicted molar refractivity (Wildman–Crippen MR) is 137 cm³/mol. The number of aliphatic hydroxyl groups excluding tert-OH is 1. The second-order valence-corrected chi connectivity index (χ2v) is 8.74. The van der Waals surface area contributed by atoms with Crippen molar-refractivity contribution in [1.29, 1.82) is 0 Å². The molecule has 0 atom stereocenters. The summed E-state index contributed by atoms with van der Waals surface area (Å²) in [5, 5.41) is 12.4. The van der Waals surface area contributed by atoms with Gasteiger partial charge in [0.1, 0.15) is 12.4 Å². The molecule has 9 nitrogen and oxygen atoms in total. The molecule has 1 aliphatic rings. The highest BCUT2D eigenvalue weighted by Crippen LogP contribution is 2.27. The van der Waals surface area contributed by atoms with E-state index in [1.165, 1.54) is 29.9 Å². The average Bonchev–Trinajstić information content (AvgIpc) is 3.12. The van der Waals surface area contributed by atoms with E-state index in [1.54, 1.807) is 6.92 Å². The molecule has 0 radical (unpaired) electrons. The Labute approximate surface area is 209 Å². The summed E-state index contributed by atoms with van der Waals surface area (Å²) in [7, 11) is 1.37. The van der Waals surface area contributed by atoms with Crippen LogP contribution in [0.4, 0.5) is 10.1 Å². The van der Waals surface area contributed by atoms with Gasteiger partial charge in [0.2, 0.25) is 5.91 Å². The fraction of sp³-hybridized carbons (Fsp3) is 0.423. The number of nitrogens with one attached hydrogen (secondary N) is 1. The lowest BCUT2D eigenvalue weighted by molar-refractivity contribution is -0.121. The van der Waals surface area contributed by atoms with E-state index in [-0.39, 0.29) is 36.2 Å². The lowest BCUT2D eigenvalue weighted by atomic mass is 10.1. The first-order valence-corrected chi connectivity index (χ1v) is 12.2. The number of likely N-dealkylation sites (N-methyl/N-ethyl adjacent to an activating group) is 1. The number of aromatic nitrogens is 2. The maximum atomic E-state index is 14.0. The number of aliphatic hydroxyl groups is 1. The minimum Gasteiger partial charge on any atom is -0.494 e. The van der Waals surface area contributed by atoms with Gasteiger partial charge in [0.05, 0.1) is 24.6 Å². The Kier molecular flexibility index (Phi) is 8.17. The van der Waals surface area contributed by atoms with Gasteiger partial charge in [0, 0.05) is 44.0 Å². The van der Waals surface area contributed by atoms with Crippen LogP contribution >= 0.6 is 0 Å². The SMILES string of the molecule is CCNC(=O)Cn1c(-c2ccc(F)c(OC)c2)nc2ccc(N3CCCN(CCO)CC3)cc2c1=O. The minimum absolute atomic E-state index is 0.0261. The van der Waals surface area contributed by atoms with Gasteiger partial charge in [-0.2, -0.15) is 0 Å². The van der Waals surface area contributed by atoms with E-state index in [9.17, 15) is 19.1 Å². The topological polar surface area (TPSA) is 99.9 Å². The Morgan fingerprint density at radius 1 is 1.17 bits per heavy atom. The van der Waals surface area contributed by atoms with Crippen LogP contribution in [0.5, 0.6) is 5.75 Å². The number of ether oxygens (including phenoxy) is 1. The summed E-state index contributed by atoms with van der Waals surface area (Å²) in [6, 6.07) is 9.83. The number of rotatable bonds is 8. The van der Waals surface area contributed by atoms with Gasteiger partial charge in [-0.05, 0) is 56.3 Å². The summed E-state index contributed by atoms with van der Waals surface area (Å²) in [4.78, 5) is 35.4. The molecule has 1 saturated heterocycles. The molecular formula is C26H32FN5O4. The van der Waals surface area contributed by atoms with Gasteiger partial charge >= 0.3 is 0 Å². The molecule has 0 spiro atoms. The molecule has 4 rings (SSSR count). The number of hydrogen-bond donors (Lipinski definition) is 2. The van der Waals surface area contributed by atoms with Crippen LogP contribution in [0.25, 0.3) is 22.3 Å². The van der Waals surface area contributed by atoms with Crippen LogP contribution in [-0.4, -0.2) is 78.4 Å². The molecule has 3 aromatic rings. The van der Waals surface area contributed by atoms with Crippen molar-refractivity contribution in [2.24, 2.45) is 0 Å². The van der Waals surface area contributed by atoms with Crippen LogP contribution in [-0.2, 0) is 11.3 Å². The molecule has 0 bridgehead atoms. The fourth-order valence-electron chi connectivity index (χ4n) is 4.56. The van der Waals surface area contributed by atoms with E-state index in [2.05, 4.69) is 15.1 Å². The highest BCUT2D eigenvalue weighted by atomic mass is 19.1. The molecule has 1 aromatic heterocycles. The van der Waals surface area contributed by atoms with Crippen LogP contribution in [0.3, 0.4) is 0 Å². The summed E-state index contributed by atoms with van der Waals surface area (Å²) in [5.74, 6) is -0.555. The fourth-order valence-corrected chi connectivity index (χ4v) is 4.56. The van der Waals surface area contributed by atoms with Gasteiger partial charge in [-0.3, -0.25) is 19.1 Å². The average molecular weight is 498 g/mol. The normalized spacial score (nSPS) is 14.6.